The van der Waals surface area contributed by atoms with Crippen molar-refractivity contribution in [1.82, 2.24) is 18.9 Å². The summed E-state index contributed by atoms with van der Waals surface area (Å²) in [6.07, 6.45) is 2.82. The predicted octanol–water partition coefficient (Wildman–Crippen LogP) is 8.86. The number of hydrogen-bond donors (Lipinski definition) is 0. The number of fused-ring (bicyclic) bond motifs is 16. The molecule has 4 nitrogen and oxygen atoms in total. The maximum Gasteiger partial charge on any atom is 0.147 e. The summed E-state index contributed by atoms with van der Waals surface area (Å²) in [5.74, 6) is 0. The Morgan fingerprint density at radius 2 is 1.32 bits per heavy atom. The van der Waals surface area contributed by atoms with Gasteiger partial charge in [-0.2, -0.15) is 0 Å². The lowest BCUT2D eigenvalue weighted by Gasteiger charge is -2.14. The van der Waals surface area contributed by atoms with Crippen LogP contribution in [0.4, 0.5) is 0 Å². The van der Waals surface area contributed by atoms with Crippen LogP contribution in [0.3, 0.4) is 0 Å². The topological polar surface area (TPSA) is 35.1 Å². The molecule has 41 heavy (non-hydrogen) atoms. The quantitative estimate of drug-likeness (QED) is 0.202. The first-order valence-corrected chi connectivity index (χ1v) is 14.1. The molecule has 5 aromatic carbocycles. The number of imidazole rings is 1. The molecule has 0 fully saturated rings. The predicted molar refractivity (Wildman–Crippen MR) is 168 cm³/mol. The molecule has 0 N–H and O–H groups in total. The molecule has 0 aliphatic heterocycles. The fourth-order valence-electron chi connectivity index (χ4n) is 7.31. The molecule has 0 unspecified atom stereocenters. The fraction of sp³-hybridized carbons (Fsp3) is 0.0270. The van der Waals surface area contributed by atoms with Crippen molar-refractivity contribution in [2.75, 3.05) is 0 Å². The number of para-hydroxylation sites is 3. The maximum atomic E-state index is 5.16. The number of hydrogen-bond acceptors (Lipinski definition) is 2. The summed E-state index contributed by atoms with van der Waals surface area (Å²) in [6, 6.07) is 41.5. The van der Waals surface area contributed by atoms with Gasteiger partial charge in [0.05, 0.1) is 22.1 Å². The van der Waals surface area contributed by atoms with E-state index in [1.807, 2.05) is 6.20 Å². The molecule has 1 aliphatic carbocycles. The minimum atomic E-state index is 0.929. The highest BCUT2D eigenvalue weighted by Crippen LogP contribution is 2.46. The van der Waals surface area contributed by atoms with Gasteiger partial charge in [-0.25, -0.2) is 9.97 Å². The second-order valence-electron chi connectivity index (χ2n) is 11.0. The normalized spacial score (nSPS) is 12.8. The van der Waals surface area contributed by atoms with Crippen molar-refractivity contribution >= 4 is 60.3 Å². The number of nitrogens with zero attached hydrogens (tertiary/aromatic N) is 4. The summed E-state index contributed by atoms with van der Waals surface area (Å²) >= 11 is 0. The molecule has 0 bridgehead atoms. The first-order valence-electron chi connectivity index (χ1n) is 14.1. The number of rotatable bonds is 1. The molecule has 0 atom stereocenters. The van der Waals surface area contributed by atoms with Gasteiger partial charge in [0.1, 0.15) is 11.3 Å². The van der Waals surface area contributed by atoms with E-state index in [0.29, 0.717) is 0 Å². The van der Waals surface area contributed by atoms with Crippen LogP contribution in [0.15, 0.2) is 121 Å². The van der Waals surface area contributed by atoms with Gasteiger partial charge in [0, 0.05) is 45.2 Å². The average molecular weight is 523 g/mol. The van der Waals surface area contributed by atoms with Gasteiger partial charge in [-0.1, -0.05) is 72.8 Å². The van der Waals surface area contributed by atoms with Gasteiger partial charge in [-0.05, 0) is 64.7 Å². The largest absolute Gasteiger partial charge is 0.308 e. The Morgan fingerprint density at radius 3 is 2.27 bits per heavy atom. The first-order chi connectivity index (χ1) is 20.4. The zero-order chi connectivity index (χ0) is 26.7. The van der Waals surface area contributed by atoms with Crippen molar-refractivity contribution in [3.8, 4) is 16.8 Å². The van der Waals surface area contributed by atoms with Gasteiger partial charge in [0.15, 0.2) is 0 Å². The molecule has 1 aliphatic rings. The van der Waals surface area contributed by atoms with Crippen LogP contribution in [-0.4, -0.2) is 18.9 Å². The van der Waals surface area contributed by atoms with E-state index >= 15 is 0 Å². The third-order valence-corrected chi connectivity index (χ3v) is 8.96. The van der Waals surface area contributed by atoms with Crippen molar-refractivity contribution in [1.29, 1.82) is 0 Å². The van der Waals surface area contributed by atoms with Gasteiger partial charge < -0.3 is 4.57 Å². The number of benzene rings is 5. The van der Waals surface area contributed by atoms with Crippen molar-refractivity contribution in [3.05, 3.63) is 133 Å². The Kier molecular flexibility index (Phi) is 3.95. The summed E-state index contributed by atoms with van der Waals surface area (Å²) < 4.78 is 4.73. The Labute approximate surface area is 234 Å². The van der Waals surface area contributed by atoms with Gasteiger partial charge in [-0.15, -0.1) is 0 Å². The molecule has 4 aromatic heterocycles. The van der Waals surface area contributed by atoms with E-state index in [9.17, 15) is 0 Å². The van der Waals surface area contributed by atoms with Gasteiger partial charge in [0.25, 0.3) is 0 Å². The van der Waals surface area contributed by atoms with Crippen LogP contribution in [-0.2, 0) is 6.42 Å². The summed E-state index contributed by atoms with van der Waals surface area (Å²) in [6.45, 7) is 0. The highest BCUT2D eigenvalue weighted by Gasteiger charge is 2.26. The van der Waals surface area contributed by atoms with E-state index in [2.05, 4.69) is 124 Å². The summed E-state index contributed by atoms with van der Waals surface area (Å²) in [5, 5.41) is 5.99. The van der Waals surface area contributed by atoms with Crippen LogP contribution >= 0.6 is 0 Å². The molecule has 190 valence electrons. The Balaban J connectivity index is 1.49. The zero-order valence-electron chi connectivity index (χ0n) is 22.0. The summed E-state index contributed by atoms with van der Waals surface area (Å²) in [4.78, 5) is 10.1. The second kappa shape index (κ2) is 7.58. The van der Waals surface area contributed by atoms with Crippen molar-refractivity contribution in [3.63, 3.8) is 0 Å². The molecule has 0 radical (unpaired) electrons. The highest BCUT2D eigenvalue weighted by atomic mass is 15.1. The molecule has 0 spiro atoms. The first kappa shape index (κ1) is 21.4. The van der Waals surface area contributed by atoms with Gasteiger partial charge >= 0.3 is 0 Å². The Morgan fingerprint density at radius 1 is 0.561 bits per heavy atom. The lowest BCUT2D eigenvalue weighted by Crippen LogP contribution is -1.99. The fourth-order valence-corrected chi connectivity index (χ4v) is 7.31. The number of pyridine rings is 2. The van der Waals surface area contributed by atoms with E-state index in [1.165, 1.54) is 49.4 Å². The van der Waals surface area contributed by atoms with E-state index in [-0.39, 0.29) is 0 Å². The lowest BCUT2D eigenvalue weighted by atomic mass is 10.0. The van der Waals surface area contributed by atoms with Crippen LogP contribution in [0.1, 0.15) is 11.1 Å². The highest BCUT2D eigenvalue weighted by molar-refractivity contribution is 6.28. The van der Waals surface area contributed by atoms with Crippen LogP contribution in [0.5, 0.6) is 0 Å². The smallest absolute Gasteiger partial charge is 0.147 e. The monoisotopic (exact) mass is 522 g/mol. The Hall–Kier alpha value is -5.48. The summed E-state index contributed by atoms with van der Waals surface area (Å²) in [5.41, 5.74) is 13.1. The third kappa shape index (κ3) is 2.64. The standard InChI is InChI=1S/C37H22N4/c1-2-10-23(11-3-1)40-34-26(17-16-25-24-12-5-4-9-22(24)21-30(25)34)27-18-19-29-33(35(27)40)28-13-8-20-38-36(28)41-32-15-7-6-14-31(32)39-37(29)41/h1-20H,21H2. The Bertz CT molecular complexity index is 2550. The average Bonchev–Trinajstić information content (AvgIpc) is 3.71. The molecule has 10 rings (SSSR count). The van der Waals surface area contributed by atoms with Crippen molar-refractivity contribution < 1.29 is 0 Å². The molecule has 0 amide bonds. The molecular weight excluding hydrogens is 500 g/mol. The molecule has 0 saturated carbocycles. The van der Waals surface area contributed by atoms with Crippen molar-refractivity contribution in [2.45, 2.75) is 6.42 Å². The SMILES string of the molecule is c1ccc(-n2c3c4c(ccc3c3ccc5c(c6cccnc6n6c7ccccc7nc56)c32)-c2ccccc2C4)cc1. The van der Waals surface area contributed by atoms with Crippen molar-refractivity contribution in [2.24, 2.45) is 0 Å². The molecular formula is C37H22N4. The third-order valence-electron chi connectivity index (χ3n) is 8.96. The molecule has 4 heteroatoms. The lowest BCUT2D eigenvalue weighted by molar-refractivity contribution is 1.16. The van der Waals surface area contributed by atoms with Crippen LogP contribution in [0, 0.1) is 0 Å². The van der Waals surface area contributed by atoms with Crippen LogP contribution in [0.2, 0.25) is 0 Å². The molecule has 9 aromatic rings. The van der Waals surface area contributed by atoms with Crippen LogP contribution in [0.25, 0.3) is 77.1 Å². The van der Waals surface area contributed by atoms with E-state index in [0.717, 1.165) is 45.2 Å². The number of aromatic nitrogens is 4. The molecule has 4 heterocycles. The van der Waals surface area contributed by atoms with E-state index in [4.69, 9.17) is 9.97 Å². The zero-order valence-corrected chi connectivity index (χ0v) is 22.0. The summed E-state index contributed by atoms with van der Waals surface area (Å²) in [7, 11) is 0. The molecule has 0 saturated heterocycles. The minimum absolute atomic E-state index is 0.929. The van der Waals surface area contributed by atoms with Crippen LogP contribution < -0.4 is 0 Å². The maximum absolute atomic E-state index is 5.16. The minimum Gasteiger partial charge on any atom is -0.308 e. The van der Waals surface area contributed by atoms with Gasteiger partial charge in [0.2, 0.25) is 0 Å². The van der Waals surface area contributed by atoms with Gasteiger partial charge in [-0.3, -0.25) is 4.40 Å². The van der Waals surface area contributed by atoms with E-state index in [1.54, 1.807) is 0 Å². The van der Waals surface area contributed by atoms with E-state index < -0.39 is 0 Å². The second-order valence-corrected chi connectivity index (χ2v) is 11.0.